The molecule has 2 aromatic rings. The highest BCUT2D eigenvalue weighted by Crippen LogP contribution is 2.20. The third-order valence-corrected chi connectivity index (χ3v) is 4.00. The van der Waals surface area contributed by atoms with E-state index in [2.05, 4.69) is 21.5 Å². The second-order valence-electron chi connectivity index (χ2n) is 6.15. The summed E-state index contributed by atoms with van der Waals surface area (Å²) in [7, 11) is 1.81. The maximum absolute atomic E-state index is 11.0. The lowest BCUT2D eigenvalue weighted by Gasteiger charge is -2.11. The van der Waals surface area contributed by atoms with Crippen molar-refractivity contribution in [3.05, 3.63) is 77.8 Å². The van der Waals surface area contributed by atoms with Gasteiger partial charge in [0, 0.05) is 18.7 Å². The quantitative estimate of drug-likeness (QED) is 0.461. The molecule has 166 valence electrons. The highest BCUT2D eigenvalue weighted by Gasteiger charge is 2.12. The number of rotatable bonds is 7. The molecule has 1 aromatic carbocycles. The molecule has 31 heavy (non-hydrogen) atoms. The topological polar surface area (TPSA) is 69.0 Å². The van der Waals surface area contributed by atoms with Crippen LogP contribution in [0.5, 0.6) is 5.75 Å². The van der Waals surface area contributed by atoms with Gasteiger partial charge in [-0.2, -0.15) is 4.98 Å². The zero-order valence-electron chi connectivity index (χ0n) is 19.4. The highest BCUT2D eigenvalue weighted by molar-refractivity contribution is 5.68. The Labute approximate surface area is 186 Å². The van der Waals surface area contributed by atoms with Crippen LogP contribution in [-0.4, -0.2) is 27.7 Å². The predicted molar refractivity (Wildman–Crippen MR) is 129 cm³/mol. The lowest BCUT2D eigenvalue weighted by Crippen LogP contribution is -2.13. The number of aldehydes is 1. The van der Waals surface area contributed by atoms with Crippen molar-refractivity contribution in [3.8, 4) is 5.75 Å². The zero-order chi connectivity index (χ0) is 23.1. The van der Waals surface area contributed by atoms with Crippen molar-refractivity contribution in [1.82, 2.24) is 14.8 Å². The van der Waals surface area contributed by atoms with E-state index >= 15 is 0 Å². The number of allylic oxidation sites excluding steroid dienone is 7. The summed E-state index contributed by atoms with van der Waals surface area (Å²) >= 11 is 0. The molecule has 1 aliphatic carbocycles. The predicted octanol–water partition coefficient (Wildman–Crippen LogP) is 5.65. The first-order valence-electron chi connectivity index (χ1n) is 10.7. The van der Waals surface area contributed by atoms with Crippen molar-refractivity contribution in [2.75, 3.05) is 11.9 Å². The molecule has 6 nitrogen and oxygen atoms in total. The fourth-order valence-corrected chi connectivity index (χ4v) is 2.52. The number of nitrogens with one attached hydrogen (secondary N) is 1. The fourth-order valence-electron chi connectivity index (χ4n) is 2.52. The molecule has 0 amide bonds. The van der Waals surface area contributed by atoms with Gasteiger partial charge in [-0.1, -0.05) is 75.8 Å². The molecule has 0 bridgehead atoms. The van der Waals surface area contributed by atoms with Crippen LogP contribution in [-0.2, 0) is 11.8 Å². The third kappa shape index (κ3) is 8.46. The SMILES string of the molecule is CC.CC.Cc1ccc(OC/C(=C/C=O)Nc2nc(C3=CC=CC=CC3)nn2C)cc1. The average molecular weight is 423 g/mol. The van der Waals surface area contributed by atoms with Crippen molar-refractivity contribution in [2.24, 2.45) is 7.05 Å². The van der Waals surface area contributed by atoms with Crippen molar-refractivity contribution >= 4 is 17.8 Å². The maximum Gasteiger partial charge on any atom is 0.225 e. The van der Waals surface area contributed by atoms with Gasteiger partial charge >= 0.3 is 0 Å². The first-order chi connectivity index (χ1) is 15.2. The Morgan fingerprint density at radius 2 is 1.84 bits per heavy atom. The Bertz CT molecular complexity index is 919. The van der Waals surface area contributed by atoms with Crippen LogP contribution >= 0.6 is 0 Å². The van der Waals surface area contributed by atoms with E-state index < -0.39 is 0 Å². The van der Waals surface area contributed by atoms with Crippen LogP contribution in [0, 0.1) is 6.92 Å². The van der Waals surface area contributed by atoms with E-state index in [9.17, 15) is 4.79 Å². The molecule has 0 unspecified atom stereocenters. The number of carbonyl (C=O) groups excluding carboxylic acids is 1. The van der Waals surface area contributed by atoms with Crippen molar-refractivity contribution < 1.29 is 9.53 Å². The van der Waals surface area contributed by atoms with Crippen LogP contribution in [0.3, 0.4) is 0 Å². The van der Waals surface area contributed by atoms with Crippen LogP contribution in [0.15, 0.2) is 66.4 Å². The van der Waals surface area contributed by atoms with Crippen LogP contribution in [0.1, 0.15) is 45.5 Å². The maximum atomic E-state index is 11.0. The molecule has 1 aromatic heterocycles. The van der Waals surface area contributed by atoms with Crippen LogP contribution in [0.2, 0.25) is 0 Å². The molecule has 0 fully saturated rings. The van der Waals surface area contributed by atoms with Crippen LogP contribution in [0.4, 0.5) is 5.95 Å². The van der Waals surface area contributed by atoms with Gasteiger partial charge in [-0.15, -0.1) is 5.10 Å². The second-order valence-corrected chi connectivity index (χ2v) is 6.15. The number of aromatic nitrogens is 3. The van der Waals surface area contributed by atoms with E-state index in [1.807, 2.05) is 83.2 Å². The summed E-state index contributed by atoms with van der Waals surface area (Å²) in [5.74, 6) is 1.94. The van der Waals surface area contributed by atoms with Crippen molar-refractivity contribution in [1.29, 1.82) is 0 Å². The number of nitrogens with zero attached hydrogens (tertiary/aromatic N) is 3. The van der Waals surface area contributed by atoms with E-state index in [1.54, 1.807) is 11.7 Å². The van der Waals surface area contributed by atoms with Crippen LogP contribution in [0.25, 0.3) is 5.57 Å². The van der Waals surface area contributed by atoms with Gasteiger partial charge in [0.05, 0.1) is 5.70 Å². The summed E-state index contributed by atoms with van der Waals surface area (Å²) in [6, 6.07) is 7.75. The van der Waals surface area contributed by atoms with Gasteiger partial charge in [0.15, 0.2) is 5.82 Å². The van der Waals surface area contributed by atoms with Gasteiger partial charge < -0.3 is 10.1 Å². The summed E-state index contributed by atoms with van der Waals surface area (Å²) in [6.45, 7) is 10.2. The second kappa shape index (κ2) is 14.6. The number of benzene rings is 1. The minimum absolute atomic E-state index is 0.220. The molecule has 1 heterocycles. The van der Waals surface area contributed by atoms with E-state index in [0.717, 1.165) is 29.6 Å². The lowest BCUT2D eigenvalue weighted by molar-refractivity contribution is -0.104. The Morgan fingerprint density at radius 1 is 1.13 bits per heavy atom. The Kier molecular flexibility index (Phi) is 12.0. The number of aryl methyl sites for hydroxylation is 2. The largest absolute Gasteiger partial charge is 0.487 e. The Hall–Kier alpha value is -3.41. The normalized spacial score (nSPS) is 12.5. The Morgan fingerprint density at radius 3 is 2.52 bits per heavy atom. The summed E-state index contributed by atoms with van der Waals surface area (Å²) < 4.78 is 7.40. The third-order valence-electron chi connectivity index (χ3n) is 4.00. The van der Waals surface area contributed by atoms with Crippen molar-refractivity contribution in [2.45, 2.75) is 41.0 Å². The number of hydrogen-bond donors (Lipinski definition) is 1. The number of carbonyl (C=O) groups is 1. The van der Waals surface area contributed by atoms with E-state index in [-0.39, 0.29) is 6.61 Å². The molecule has 0 radical (unpaired) electrons. The highest BCUT2D eigenvalue weighted by atomic mass is 16.5. The van der Waals surface area contributed by atoms with Gasteiger partial charge in [0.1, 0.15) is 18.6 Å². The average Bonchev–Trinajstić information content (AvgIpc) is 2.99. The molecule has 0 spiro atoms. The molecule has 3 rings (SSSR count). The van der Waals surface area contributed by atoms with E-state index in [1.165, 1.54) is 6.08 Å². The first-order valence-corrected chi connectivity index (χ1v) is 10.7. The molecule has 0 atom stereocenters. The number of anilines is 1. The monoisotopic (exact) mass is 422 g/mol. The fraction of sp³-hybridized carbons (Fsp3) is 0.320. The van der Waals surface area contributed by atoms with Gasteiger partial charge in [-0.25, -0.2) is 4.68 Å². The summed E-state index contributed by atoms with van der Waals surface area (Å²) in [5.41, 5.74) is 2.79. The minimum Gasteiger partial charge on any atom is -0.487 e. The van der Waals surface area contributed by atoms with E-state index in [0.29, 0.717) is 17.5 Å². The summed E-state index contributed by atoms with van der Waals surface area (Å²) in [4.78, 5) is 15.6. The first kappa shape index (κ1) is 25.6. The molecular formula is C25H34N4O2. The molecular weight excluding hydrogens is 388 g/mol. The molecule has 1 aliphatic rings. The molecule has 6 heteroatoms. The molecule has 0 saturated heterocycles. The summed E-state index contributed by atoms with van der Waals surface area (Å²) in [6.07, 6.45) is 12.9. The van der Waals surface area contributed by atoms with Crippen LogP contribution < -0.4 is 10.1 Å². The van der Waals surface area contributed by atoms with Gasteiger partial charge in [-0.3, -0.25) is 4.79 Å². The molecule has 1 N–H and O–H groups in total. The minimum atomic E-state index is 0.220. The van der Waals surface area contributed by atoms with E-state index in [4.69, 9.17) is 4.74 Å². The molecule has 0 aliphatic heterocycles. The van der Waals surface area contributed by atoms with Crippen molar-refractivity contribution in [3.63, 3.8) is 0 Å². The van der Waals surface area contributed by atoms with Gasteiger partial charge in [-0.05, 0) is 25.5 Å². The lowest BCUT2D eigenvalue weighted by atomic mass is 10.2. The Balaban J connectivity index is 0.00000113. The number of hydrogen-bond acceptors (Lipinski definition) is 5. The van der Waals surface area contributed by atoms with Gasteiger partial charge in [0.25, 0.3) is 0 Å². The summed E-state index contributed by atoms with van der Waals surface area (Å²) in [5, 5.41) is 7.60. The standard InChI is InChI=1S/C21H22N4O2.2C2H6/c1-16-9-11-19(12-10-16)27-15-18(13-14-26)22-21-23-20(24-25(21)2)17-7-5-3-4-6-8-17;2*1-2/h3-7,9-14H,8,15H2,1-2H3,(H,22,23,24);2*1-2H3/b18-13-;;. The molecule has 0 saturated carbocycles. The number of ether oxygens (including phenoxy) is 1. The zero-order valence-corrected chi connectivity index (χ0v) is 19.4. The smallest absolute Gasteiger partial charge is 0.225 e. The van der Waals surface area contributed by atoms with Gasteiger partial charge in [0.2, 0.25) is 5.95 Å².